The maximum atomic E-state index is 6.02. The van der Waals surface area contributed by atoms with Crippen molar-refractivity contribution in [2.24, 2.45) is 0 Å². The summed E-state index contributed by atoms with van der Waals surface area (Å²) in [5, 5.41) is 3.30. The van der Waals surface area contributed by atoms with E-state index in [9.17, 15) is 0 Å². The molecule has 0 spiro atoms. The standard InChI is InChI=1S/C19H22N8/c1-14-2-4-15(5-3-14)23-17-12-16(20)24-19(25-17)27-10-8-26(9-11-27)18-13-21-6-7-22-18/h2-7,12-13H,8-11H2,1H3,(H3,20,23,24,25). The molecule has 1 fully saturated rings. The van der Waals surface area contributed by atoms with Gasteiger partial charge in [-0.2, -0.15) is 9.97 Å². The van der Waals surface area contributed by atoms with Gasteiger partial charge in [0.25, 0.3) is 0 Å². The van der Waals surface area contributed by atoms with Crippen molar-refractivity contribution in [1.29, 1.82) is 0 Å². The van der Waals surface area contributed by atoms with E-state index < -0.39 is 0 Å². The summed E-state index contributed by atoms with van der Waals surface area (Å²) < 4.78 is 0. The molecule has 1 aliphatic heterocycles. The second-order valence-electron chi connectivity index (χ2n) is 6.51. The van der Waals surface area contributed by atoms with E-state index in [1.165, 1.54) is 5.56 Å². The third-order valence-corrected chi connectivity index (χ3v) is 4.49. The van der Waals surface area contributed by atoms with Crippen molar-refractivity contribution >= 4 is 29.1 Å². The summed E-state index contributed by atoms with van der Waals surface area (Å²) in [6, 6.07) is 9.90. The normalized spacial score (nSPS) is 14.3. The summed E-state index contributed by atoms with van der Waals surface area (Å²) in [5.41, 5.74) is 8.20. The summed E-state index contributed by atoms with van der Waals surface area (Å²) >= 11 is 0. The molecule has 3 N–H and O–H groups in total. The van der Waals surface area contributed by atoms with Crippen molar-refractivity contribution in [1.82, 2.24) is 19.9 Å². The lowest BCUT2D eigenvalue weighted by Gasteiger charge is -2.35. The summed E-state index contributed by atoms with van der Waals surface area (Å²) in [7, 11) is 0. The van der Waals surface area contributed by atoms with Gasteiger partial charge in [0.1, 0.15) is 17.5 Å². The van der Waals surface area contributed by atoms with Crippen LogP contribution in [0.3, 0.4) is 0 Å². The summed E-state index contributed by atoms with van der Waals surface area (Å²) in [4.78, 5) is 21.9. The van der Waals surface area contributed by atoms with E-state index >= 15 is 0 Å². The second kappa shape index (κ2) is 7.45. The number of hydrogen-bond donors (Lipinski definition) is 2. The zero-order valence-electron chi connectivity index (χ0n) is 15.2. The lowest BCUT2D eigenvalue weighted by atomic mass is 10.2. The largest absolute Gasteiger partial charge is 0.383 e. The van der Waals surface area contributed by atoms with Crippen LogP contribution in [0.15, 0.2) is 48.9 Å². The lowest BCUT2D eigenvalue weighted by molar-refractivity contribution is 0.634. The molecule has 1 saturated heterocycles. The lowest BCUT2D eigenvalue weighted by Crippen LogP contribution is -2.47. The molecule has 0 aliphatic carbocycles. The zero-order valence-corrected chi connectivity index (χ0v) is 15.2. The third-order valence-electron chi connectivity index (χ3n) is 4.49. The van der Waals surface area contributed by atoms with Gasteiger partial charge in [0.05, 0.1) is 6.20 Å². The SMILES string of the molecule is Cc1ccc(Nc2cc(N)nc(N3CCN(c4cnccn4)CC3)n2)cc1. The van der Waals surface area contributed by atoms with Gasteiger partial charge in [0, 0.05) is 50.3 Å². The van der Waals surface area contributed by atoms with E-state index in [-0.39, 0.29) is 0 Å². The molecule has 0 amide bonds. The van der Waals surface area contributed by atoms with Gasteiger partial charge in [-0.3, -0.25) is 4.98 Å². The Balaban J connectivity index is 1.46. The molecule has 27 heavy (non-hydrogen) atoms. The predicted octanol–water partition coefficient (Wildman–Crippen LogP) is 2.23. The number of aromatic nitrogens is 4. The number of piperazine rings is 1. The monoisotopic (exact) mass is 362 g/mol. The first-order valence-electron chi connectivity index (χ1n) is 8.91. The zero-order chi connectivity index (χ0) is 18.6. The van der Waals surface area contributed by atoms with Crippen molar-refractivity contribution in [3.05, 3.63) is 54.5 Å². The first-order chi connectivity index (χ1) is 13.2. The smallest absolute Gasteiger partial charge is 0.229 e. The molecule has 1 aromatic carbocycles. The van der Waals surface area contributed by atoms with Gasteiger partial charge in [-0.25, -0.2) is 4.98 Å². The Morgan fingerprint density at radius 1 is 0.963 bits per heavy atom. The summed E-state index contributed by atoms with van der Waals surface area (Å²) in [6.45, 7) is 5.31. The minimum Gasteiger partial charge on any atom is -0.383 e. The molecule has 0 unspecified atom stereocenters. The van der Waals surface area contributed by atoms with Crippen LogP contribution in [-0.2, 0) is 0 Å². The molecular weight excluding hydrogens is 340 g/mol. The van der Waals surface area contributed by atoms with Gasteiger partial charge in [0.15, 0.2) is 0 Å². The van der Waals surface area contributed by atoms with Crippen molar-refractivity contribution in [3.8, 4) is 0 Å². The average Bonchev–Trinajstić information content (AvgIpc) is 2.70. The number of nitrogen functional groups attached to an aromatic ring is 1. The molecule has 8 heteroatoms. The predicted molar refractivity (Wildman–Crippen MR) is 107 cm³/mol. The quantitative estimate of drug-likeness (QED) is 0.729. The van der Waals surface area contributed by atoms with Crippen LogP contribution >= 0.6 is 0 Å². The number of aryl methyl sites for hydroxylation is 1. The first-order valence-corrected chi connectivity index (χ1v) is 8.91. The molecule has 0 atom stereocenters. The fraction of sp³-hybridized carbons (Fsp3) is 0.263. The van der Waals surface area contributed by atoms with Gasteiger partial charge in [0.2, 0.25) is 5.95 Å². The van der Waals surface area contributed by atoms with E-state index in [1.807, 2.05) is 12.1 Å². The van der Waals surface area contributed by atoms with E-state index in [0.29, 0.717) is 17.6 Å². The maximum Gasteiger partial charge on any atom is 0.229 e. The molecule has 3 aromatic rings. The van der Waals surface area contributed by atoms with Crippen molar-refractivity contribution in [2.45, 2.75) is 6.92 Å². The van der Waals surface area contributed by atoms with Crippen molar-refractivity contribution in [3.63, 3.8) is 0 Å². The van der Waals surface area contributed by atoms with Crippen molar-refractivity contribution in [2.75, 3.05) is 47.0 Å². The number of benzene rings is 1. The topological polar surface area (TPSA) is 96.1 Å². The second-order valence-corrected chi connectivity index (χ2v) is 6.51. The van der Waals surface area contributed by atoms with E-state index in [1.54, 1.807) is 24.7 Å². The summed E-state index contributed by atoms with van der Waals surface area (Å²) in [6.07, 6.45) is 5.19. The van der Waals surface area contributed by atoms with Crippen LogP contribution in [0.1, 0.15) is 5.56 Å². The van der Waals surface area contributed by atoms with Crippen LogP contribution in [0.25, 0.3) is 0 Å². The minimum atomic E-state index is 0.450. The molecule has 2 aromatic heterocycles. The Morgan fingerprint density at radius 3 is 2.41 bits per heavy atom. The molecular formula is C19H22N8. The first kappa shape index (κ1) is 17.0. The number of nitrogens with one attached hydrogen (secondary N) is 1. The number of nitrogens with two attached hydrogens (primary N) is 1. The van der Waals surface area contributed by atoms with Crippen molar-refractivity contribution < 1.29 is 0 Å². The number of rotatable bonds is 4. The minimum absolute atomic E-state index is 0.450. The molecule has 4 rings (SSSR count). The number of nitrogens with zero attached hydrogens (tertiary/aromatic N) is 6. The summed E-state index contributed by atoms with van der Waals surface area (Å²) in [5.74, 6) is 2.68. The number of hydrogen-bond acceptors (Lipinski definition) is 8. The highest BCUT2D eigenvalue weighted by molar-refractivity contribution is 5.61. The van der Waals surface area contributed by atoms with E-state index in [0.717, 1.165) is 37.7 Å². The highest BCUT2D eigenvalue weighted by atomic mass is 15.3. The molecule has 0 radical (unpaired) electrons. The van der Waals surface area contributed by atoms with Crippen LogP contribution in [0.2, 0.25) is 0 Å². The van der Waals surface area contributed by atoms with Gasteiger partial charge in [-0.15, -0.1) is 0 Å². The number of anilines is 5. The molecule has 8 nitrogen and oxygen atoms in total. The molecule has 3 heterocycles. The Hall–Kier alpha value is -3.42. The molecule has 138 valence electrons. The third kappa shape index (κ3) is 4.05. The Bertz CT molecular complexity index is 889. The fourth-order valence-corrected chi connectivity index (χ4v) is 3.03. The van der Waals surface area contributed by atoms with Gasteiger partial charge in [-0.05, 0) is 19.1 Å². The van der Waals surface area contributed by atoms with Gasteiger partial charge in [-0.1, -0.05) is 17.7 Å². The molecule has 0 saturated carbocycles. The van der Waals surface area contributed by atoms with Crippen LogP contribution in [-0.4, -0.2) is 46.1 Å². The van der Waals surface area contributed by atoms with E-state index in [4.69, 9.17) is 5.73 Å². The van der Waals surface area contributed by atoms with Crippen LogP contribution in [0.5, 0.6) is 0 Å². The highest BCUT2D eigenvalue weighted by Gasteiger charge is 2.20. The van der Waals surface area contributed by atoms with E-state index in [2.05, 4.69) is 54.1 Å². The maximum absolute atomic E-state index is 6.02. The molecule has 1 aliphatic rings. The fourth-order valence-electron chi connectivity index (χ4n) is 3.03. The van der Waals surface area contributed by atoms with Crippen LogP contribution < -0.4 is 20.9 Å². The van der Waals surface area contributed by atoms with Crippen LogP contribution in [0.4, 0.5) is 29.1 Å². The average molecular weight is 362 g/mol. The Kier molecular flexibility index (Phi) is 4.69. The molecule has 0 bridgehead atoms. The highest BCUT2D eigenvalue weighted by Crippen LogP contribution is 2.21. The Labute approximate surface area is 158 Å². The van der Waals surface area contributed by atoms with Gasteiger partial charge >= 0.3 is 0 Å². The Morgan fingerprint density at radius 2 is 1.70 bits per heavy atom. The van der Waals surface area contributed by atoms with Gasteiger partial charge < -0.3 is 20.9 Å². The van der Waals surface area contributed by atoms with Crippen LogP contribution in [0, 0.1) is 6.92 Å².